The third-order valence-corrected chi connectivity index (χ3v) is 7.01. The molecule has 0 bridgehead atoms. The van der Waals surface area contributed by atoms with Gasteiger partial charge in [0, 0.05) is 53.7 Å². The fourth-order valence-corrected chi connectivity index (χ4v) is 5.09. The SMILES string of the molecule is CN1C(=O)C(c2c[nH]c3ncccc23)=C(c2cn([C@@H]3O[C@H](CO)[C@@H](O)[C@H](O)[C@H]3O)c3ncccc23)C1=O. The summed E-state index contributed by atoms with van der Waals surface area (Å²) in [6.45, 7) is -0.595. The molecule has 0 saturated carbocycles. The van der Waals surface area contributed by atoms with Crippen molar-refractivity contribution in [3.8, 4) is 0 Å². The Balaban J connectivity index is 1.59. The second-order valence-corrected chi connectivity index (χ2v) is 9.07. The van der Waals surface area contributed by atoms with Gasteiger partial charge in [-0.15, -0.1) is 0 Å². The number of hydrogen-bond donors (Lipinski definition) is 5. The van der Waals surface area contributed by atoms with Crippen molar-refractivity contribution in [2.24, 2.45) is 0 Å². The number of H-pyrrole nitrogens is 1. The maximum Gasteiger partial charge on any atom is 0.261 e. The molecule has 5 N–H and O–H groups in total. The molecule has 1 saturated heterocycles. The molecular weight excluding hydrogens is 482 g/mol. The third kappa shape index (κ3) is 3.35. The molecule has 37 heavy (non-hydrogen) atoms. The summed E-state index contributed by atoms with van der Waals surface area (Å²) in [6.07, 6.45) is -0.793. The van der Waals surface area contributed by atoms with Crippen LogP contribution in [0.3, 0.4) is 0 Å². The quantitative estimate of drug-likeness (QED) is 0.235. The van der Waals surface area contributed by atoms with Crippen molar-refractivity contribution in [2.75, 3.05) is 13.7 Å². The van der Waals surface area contributed by atoms with Gasteiger partial charge in [0.25, 0.3) is 11.8 Å². The van der Waals surface area contributed by atoms with Crippen LogP contribution in [0, 0.1) is 0 Å². The van der Waals surface area contributed by atoms with E-state index < -0.39 is 49.1 Å². The van der Waals surface area contributed by atoms with Crippen LogP contribution in [-0.4, -0.2) is 94.7 Å². The normalized spacial score (nSPS) is 26.7. The summed E-state index contributed by atoms with van der Waals surface area (Å²) in [4.78, 5) is 39.5. The van der Waals surface area contributed by atoms with E-state index >= 15 is 0 Å². The van der Waals surface area contributed by atoms with Gasteiger partial charge < -0.3 is 34.7 Å². The number of pyridine rings is 2. The molecule has 4 aromatic rings. The number of amides is 2. The lowest BCUT2D eigenvalue weighted by molar-refractivity contribution is -0.250. The van der Waals surface area contributed by atoms with Gasteiger partial charge in [-0.05, 0) is 24.3 Å². The number of fused-ring (bicyclic) bond motifs is 2. The van der Waals surface area contributed by atoms with Gasteiger partial charge in [-0.1, -0.05) is 0 Å². The van der Waals surface area contributed by atoms with Crippen LogP contribution < -0.4 is 0 Å². The average Bonchev–Trinajstić information content (AvgIpc) is 3.57. The van der Waals surface area contributed by atoms with Crippen LogP contribution in [0.2, 0.25) is 0 Å². The van der Waals surface area contributed by atoms with E-state index in [9.17, 15) is 30.0 Å². The highest BCUT2D eigenvalue weighted by Crippen LogP contribution is 2.41. The van der Waals surface area contributed by atoms with E-state index in [1.54, 1.807) is 36.7 Å². The van der Waals surface area contributed by atoms with Crippen molar-refractivity contribution in [1.29, 1.82) is 0 Å². The summed E-state index contributed by atoms with van der Waals surface area (Å²) < 4.78 is 7.18. The predicted molar refractivity (Wildman–Crippen MR) is 129 cm³/mol. The zero-order valence-corrected chi connectivity index (χ0v) is 19.5. The summed E-state index contributed by atoms with van der Waals surface area (Å²) in [6, 6.07) is 6.92. The first kappa shape index (κ1) is 23.5. The molecule has 2 aliphatic heterocycles. The van der Waals surface area contributed by atoms with E-state index in [1.807, 2.05) is 0 Å². The van der Waals surface area contributed by atoms with Gasteiger partial charge in [0.2, 0.25) is 0 Å². The first-order valence-corrected chi connectivity index (χ1v) is 11.6. The Morgan fingerprint density at radius 1 is 0.946 bits per heavy atom. The number of imide groups is 1. The molecule has 1 fully saturated rings. The monoisotopic (exact) mass is 505 g/mol. The molecule has 12 nitrogen and oxygen atoms in total. The van der Waals surface area contributed by atoms with E-state index in [-0.39, 0.29) is 11.1 Å². The average molecular weight is 505 g/mol. The first-order valence-electron chi connectivity index (χ1n) is 11.6. The highest BCUT2D eigenvalue weighted by molar-refractivity contribution is 6.50. The van der Waals surface area contributed by atoms with Gasteiger partial charge in [-0.3, -0.25) is 14.5 Å². The minimum atomic E-state index is -1.60. The molecule has 0 radical (unpaired) electrons. The van der Waals surface area contributed by atoms with Crippen molar-refractivity contribution in [3.05, 3.63) is 60.2 Å². The number of aromatic nitrogens is 4. The second-order valence-electron chi connectivity index (χ2n) is 9.07. The molecule has 2 amide bonds. The molecular formula is C25H23N5O7. The maximum absolute atomic E-state index is 13.4. The zero-order chi connectivity index (χ0) is 26.0. The van der Waals surface area contributed by atoms with Gasteiger partial charge in [0.15, 0.2) is 6.23 Å². The van der Waals surface area contributed by atoms with E-state index in [1.165, 1.54) is 24.0 Å². The van der Waals surface area contributed by atoms with E-state index in [4.69, 9.17) is 4.74 Å². The summed E-state index contributed by atoms with van der Waals surface area (Å²) in [5.74, 6) is -1.00. The summed E-state index contributed by atoms with van der Waals surface area (Å²) in [5.41, 5.74) is 2.07. The van der Waals surface area contributed by atoms with E-state index in [0.717, 1.165) is 4.90 Å². The number of nitrogens with one attached hydrogen (secondary N) is 1. The fraction of sp³-hybridized carbons (Fsp3) is 0.280. The van der Waals surface area contributed by atoms with Crippen LogP contribution in [0.15, 0.2) is 49.1 Å². The molecule has 12 heteroatoms. The predicted octanol–water partition coefficient (Wildman–Crippen LogP) is -0.206. The molecule has 190 valence electrons. The Bertz CT molecular complexity index is 1590. The van der Waals surface area contributed by atoms with Crippen LogP contribution in [0.25, 0.3) is 33.2 Å². The number of likely N-dealkylation sites (N-methyl/N-ethyl adjacent to an activating group) is 1. The van der Waals surface area contributed by atoms with Crippen LogP contribution in [0.1, 0.15) is 17.4 Å². The lowest BCUT2D eigenvalue weighted by Crippen LogP contribution is -2.56. The second kappa shape index (κ2) is 8.57. The standard InChI is InChI=1S/C25H23N5O7/c1-29-23(35)16(13-8-28-21-11(13)4-2-6-26-21)17(24(29)36)14-9-30(22-12(14)5-3-7-27-22)25-20(34)19(33)18(32)15(10-31)37-25/h2-9,15,18-20,25,31-34H,10H2,1H3,(H,26,28)/t15-,18-,19+,20-,25-/m1/s1. The molecule has 2 aliphatic rings. The zero-order valence-electron chi connectivity index (χ0n) is 19.5. The van der Waals surface area contributed by atoms with Crippen LogP contribution >= 0.6 is 0 Å². The Morgan fingerprint density at radius 2 is 1.62 bits per heavy atom. The van der Waals surface area contributed by atoms with Crippen LogP contribution in [0.5, 0.6) is 0 Å². The number of rotatable bonds is 4. The Labute approximate surface area is 209 Å². The number of ether oxygens (including phenoxy) is 1. The van der Waals surface area contributed by atoms with E-state index in [0.29, 0.717) is 33.2 Å². The highest BCUT2D eigenvalue weighted by atomic mass is 16.6. The largest absolute Gasteiger partial charge is 0.394 e. The molecule has 6 heterocycles. The minimum Gasteiger partial charge on any atom is -0.394 e. The highest BCUT2D eigenvalue weighted by Gasteiger charge is 2.46. The van der Waals surface area contributed by atoms with Gasteiger partial charge in [-0.25, -0.2) is 9.97 Å². The van der Waals surface area contributed by atoms with Crippen LogP contribution in [-0.2, 0) is 14.3 Å². The number of nitrogens with zero attached hydrogens (tertiary/aromatic N) is 4. The van der Waals surface area contributed by atoms with Crippen molar-refractivity contribution in [1.82, 2.24) is 24.4 Å². The van der Waals surface area contributed by atoms with Gasteiger partial charge in [0.05, 0.1) is 17.8 Å². The third-order valence-electron chi connectivity index (χ3n) is 7.01. The molecule has 0 spiro atoms. The molecule has 0 unspecified atom stereocenters. The Kier molecular flexibility index (Phi) is 5.44. The number of aliphatic hydroxyl groups is 4. The lowest BCUT2D eigenvalue weighted by Gasteiger charge is -2.40. The number of hydrogen-bond acceptors (Lipinski definition) is 9. The lowest BCUT2D eigenvalue weighted by atomic mass is 9.96. The smallest absolute Gasteiger partial charge is 0.261 e. The van der Waals surface area contributed by atoms with Gasteiger partial charge >= 0.3 is 0 Å². The Morgan fingerprint density at radius 3 is 2.35 bits per heavy atom. The number of aromatic amines is 1. The molecule has 0 aromatic carbocycles. The minimum absolute atomic E-state index is 0.138. The van der Waals surface area contributed by atoms with E-state index in [2.05, 4.69) is 15.0 Å². The topological polar surface area (TPSA) is 174 Å². The van der Waals surface area contributed by atoms with Gasteiger partial charge in [0.1, 0.15) is 35.7 Å². The molecule has 4 aromatic heterocycles. The number of aliphatic hydroxyl groups excluding tert-OH is 4. The van der Waals surface area contributed by atoms with Crippen molar-refractivity contribution < 1.29 is 34.8 Å². The van der Waals surface area contributed by atoms with Crippen molar-refractivity contribution in [2.45, 2.75) is 30.6 Å². The molecule has 5 atom stereocenters. The first-order chi connectivity index (χ1) is 17.8. The van der Waals surface area contributed by atoms with Crippen molar-refractivity contribution >= 4 is 45.0 Å². The fourth-order valence-electron chi connectivity index (χ4n) is 5.09. The summed E-state index contributed by atoms with van der Waals surface area (Å²) in [5, 5.41) is 42.1. The maximum atomic E-state index is 13.4. The molecule has 0 aliphatic carbocycles. The summed E-state index contributed by atoms with van der Waals surface area (Å²) in [7, 11) is 1.40. The Hall–Kier alpha value is -3.94. The number of carbonyl (C=O) groups is 2. The molecule has 6 rings (SSSR count). The van der Waals surface area contributed by atoms with Crippen molar-refractivity contribution in [3.63, 3.8) is 0 Å². The number of carbonyl (C=O) groups excluding carboxylic acids is 2. The van der Waals surface area contributed by atoms with Gasteiger partial charge in [-0.2, -0.15) is 0 Å². The van der Waals surface area contributed by atoms with Crippen LogP contribution in [0.4, 0.5) is 0 Å². The summed E-state index contributed by atoms with van der Waals surface area (Å²) >= 11 is 0.